The molecule has 4 rings (SSSR count). The number of ether oxygens (including phenoxy) is 1. The highest BCUT2D eigenvalue weighted by molar-refractivity contribution is 7.89. The number of aromatic nitrogens is 3. The Kier molecular flexibility index (Phi) is 6.33. The summed E-state index contributed by atoms with van der Waals surface area (Å²) in [6.07, 6.45) is -1.71. The molecule has 1 aromatic carbocycles. The van der Waals surface area contributed by atoms with Crippen LogP contribution in [-0.4, -0.2) is 60.4 Å². The molecule has 0 aliphatic carbocycles. The van der Waals surface area contributed by atoms with E-state index in [1.165, 1.54) is 12.1 Å². The third kappa shape index (κ3) is 5.49. The predicted octanol–water partition coefficient (Wildman–Crippen LogP) is 3.02. The molecule has 174 valence electrons. The highest BCUT2D eigenvalue weighted by atomic mass is 32.2. The Bertz CT molecular complexity index is 1190. The summed E-state index contributed by atoms with van der Waals surface area (Å²) in [7, 11) is -4.18. The van der Waals surface area contributed by atoms with Gasteiger partial charge in [0.05, 0.1) is 0 Å². The Hall–Kier alpha value is -3.45. The highest BCUT2D eigenvalue weighted by Gasteiger charge is 2.36. The van der Waals surface area contributed by atoms with Gasteiger partial charge in [-0.25, -0.2) is 8.42 Å². The molecule has 2 aromatic heterocycles. The summed E-state index contributed by atoms with van der Waals surface area (Å²) in [5.74, 6) is 0.344. The van der Waals surface area contributed by atoms with Crippen LogP contribution in [0.4, 0.5) is 30.5 Å². The fourth-order valence-electron chi connectivity index (χ4n) is 3.31. The van der Waals surface area contributed by atoms with Crippen LogP contribution < -0.4 is 15.0 Å². The van der Waals surface area contributed by atoms with E-state index < -0.39 is 27.0 Å². The van der Waals surface area contributed by atoms with Crippen molar-refractivity contribution in [1.82, 2.24) is 19.5 Å². The van der Waals surface area contributed by atoms with Crippen LogP contribution in [0.25, 0.3) is 0 Å². The summed E-state index contributed by atoms with van der Waals surface area (Å²) >= 11 is 0. The van der Waals surface area contributed by atoms with E-state index >= 15 is 0 Å². The van der Waals surface area contributed by atoms with E-state index in [4.69, 9.17) is 0 Å². The van der Waals surface area contributed by atoms with Crippen LogP contribution in [0.2, 0.25) is 0 Å². The van der Waals surface area contributed by atoms with Crippen molar-refractivity contribution in [3.05, 3.63) is 60.9 Å². The number of anilines is 3. The van der Waals surface area contributed by atoms with Crippen molar-refractivity contribution in [3.8, 4) is 5.75 Å². The second-order valence-corrected chi connectivity index (χ2v) is 8.93. The predicted molar refractivity (Wildman–Crippen MR) is 114 cm³/mol. The molecule has 3 heterocycles. The van der Waals surface area contributed by atoms with Gasteiger partial charge in [0.2, 0.25) is 10.0 Å². The number of rotatable bonds is 6. The number of hydrogen-bond donors (Lipinski definition) is 1. The molecule has 13 heteroatoms. The Morgan fingerprint density at radius 3 is 2.24 bits per heavy atom. The molecule has 1 aliphatic heterocycles. The number of alkyl halides is 3. The first-order valence-corrected chi connectivity index (χ1v) is 11.3. The highest BCUT2D eigenvalue weighted by Crippen LogP contribution is 2.32. The molecule has 1 fully saturated rings. The molecule has 0 bridgehead atoms. The van der Waals surface area contributed by atoms with Gasteiger partial charge in [0.25, 0.3) is 0 Å². The molecule has 0 amide bonds. The molecule has 0 atom stereocenters. The van der Waals surface area contributed by atoms with E-state index in [0.29, 0.717) is 24.7 Å². The van der Waals surface area contributed by atoms with Crippen molar-refractivity contribution in [2.75, 3.05) is 36.4 Å². The van der Waals surface area contributed by atoms with E-state index in [0.717, 1.165) is 22.1 Å². The Balaban J connectivity index is 1.42. The molecule has 0 saturated carbocycles. The first kappa shape index (κ1) is 22.7. The zero-order valence-corrected chi connectivity index (χ0v) is 17.9. The Morgan fingerprint density at radius 2 is 1.61 bits per heavy atom. The zero-order chi connectivity index (χ0) is 23.5. The molecule has 9 nitrogen and oxygen atoms in total. The van der Waals surface area contributed by atoms with Crippen molar-refractivity contribution in [2.45, 2.75) is 11.3 Å². The maximum Gasteiger partial charge on any atom is 0.573 e. The molecule has 1 aliphatic rings. The van der Waals surface area contributed by atoms with Crippen LogP contribution in [0.15, 0.2) is 65.8 Å². The van der Waals surface area contributed by atoms with Gasteiger partial charge in [0, 0.05) is 44.3 Å². The van der Waals surface area contributed by atoms with Crippen LogP contribution in [0.1, 0.15) is 0 Å². The molecule has 1 saturated heterocycles. The summed E-state index contributed by atoms with van der Waals surface area (Å²) in [6, 6.07) is 11.8. The molecule has 0 radical (unpaired) electrons. The van der Waals surface area contributed by atoms with E-state index in [1.54, 1.807) is 36.7 Å². The van der Waals surface area contributed by atoms with Crippen molar-refractivity contribution in [2.24, 2.45) is 0 Å². The first-order chi connectivity index (χ1) is 15.7. The third-order valence-corrected chi connectivity index (χ3v) is 6.80. The number of sulfonamides is 1. The maximum absolute atomic E-state index is 13.0. The lowest BCUT2D eigenvalue weighted by Crippen LogP contribution is -2.49. The van der Waals surface area contributed by atoms with E-state index in [9.17, 15) is 21.6 Å². The number of hydrogen-bond acceptors (Lipinski definition) is 8. The minimum atomic E-state index is -5.00. The van der Waals surface area contributed by atoms with Gasteiger partial charge in [-0.2, -0.15) is 4.31 Å². The number of nitrogens with one attached hydrogen (secondary N) is 1. The van der Waals surface area contributed by atoms with Crippen LogP contribution in [0.5, 0.6) is 5.75 Å². The van der Waals surface area contributed by atoms with Gasteiger partial charge >= 0.3 is 6.36 Å². The van der Waals surface area contributed by atoms with Crippen LogP contribution in [-0.2, 0) is 10.0 Å². The number of halogens is 3. The lowest BCUT2D eigenvalue weighted by molar-refractivity contribution is -0.275. The van der Waals surface area contributed by atoms with Crippen molar-refractivity contribution < 1.29 is 26.3 Å². The summed E-state index contributed by atoms with van der Waals surface area (Å²) < 4.78 is 69.0. The normalized spacial score (nSPS) is 15.3. The monoisotopic (exact) mass is 480 g/mol. The van der Waals surface area contributed by atoms with Gasteiger partial charge in [-0.15, -0.1) is 23.4 Å². The van der Waals surface area contributed by atoms with Gasteiger partial charge in [-0.1, -0.05) is 12.1 Å². The van der Waals surface area contributed by atoms with Crippen molar-refractivity contribution in [3.63, 3.8) is 0 Å². The van der Waals surface area contributed by atoms with Gasteiger partial charge < -0.3 is 15.0 Å². The maximum atomic E-state index is 13.0. The number of piperazine rings is 1. The molecule has 33 heavy (non-hydrogen) atoms. The molecular weight excluding hydrogens is 461 g/mol. The number of benzene rings is 1. The SMILES string of the molecule is O=S(=O)(c1ccccc1OC(F)(F)F)N1CCN(c2ccc(Nc3ccncc3)nn2)CC1. The average Bonchev–Trinajstić information content (AvgIpc) is 2.80. The smallest absolute Gasteiger partial charge is 0.404 e. The number of para-hydroxylation sites is 1. The topological polar surface area (TPSA) is 101 Å². The van der Waals surface area contributed by atoms with Gasteiger partial charge in [0.15, 0.2) is 11.6 Å². The number of pyridine rings is 1. The molecule has 0 spiro atoms. The second kappa shape index (κ2) is 9.19. The largest absolute Gasteiger partial charge is 0.573 e. The first-order valence-electron chi connectivity index (χ1n) is 9.83. The number of nitrogens with zero attached hydrogens (tertiary/aromatic N) is 5. The third-order valence-electron chi connectivity index (χ3n) is 4.86. The van der Waals surface area contributed by atoms with Gasteiger partial charge in [-0.3, -0.25) is 4.98 Å². The van der Waals surface area contributed by atoms with Crippen molar-refractivity contribution >= 4 is 27.3 Å². The average molecular weight is 480 g/mol. The molecule has 3 aromatic rings. The van der Waals surface area contributed by atoms with Gasteiger partial charge in [0.1, 0.15) is 10.6 Å². The van der Waals surface area contributed by atoms with Crippen LogP contribution in [0, 0.1) is 0 Å². The minimum absolute atomic E-state index is 0.0708. The fraction of sp³-hybridized carbons (Fsp3) is 0.250. The summed E-state index contributed by atoms with van der Waals surface area (Å²) in [5.41, 5.74) is 0.806. The van der Waals surface area contributed by atoms with E-state index in [1.807, 2.05) is 4.90 Å². The molecular formula is C20H19F3N6O3S. The Labute approximate surface area is 187 Å². The molecule has 1 N–H and O–H groups in total. The van der Waals surface area contributed by atoms with Crippen LogP contribution in [0.3, 0.4) is 0 Å². The zero-order valence-electron chi connectivity index (χ0n) is 17.1. The fourth-order valence-corrected chi connectivity index (χ4v) is 4.85. The van der Waals surface area contributed by atoms with E-state index in [-0.39, 0.29) is 13.1 Å². The lowest BCUT2D eigenvalue weighted by atomic mass is 10.3. The minimum Gasteiger partial charge on any atom is -0.404 e. The summed E-state index contributed by atoms with van der Waals surface area (Å²) in [5, 5.41) is 11.4. The molecule has 0 unspecified atom stereocenters. The summed E-state index contributed by atoms with van der Waals surface area (Å²) in [4.78, 5) is 5.27. The second-order valence-electron chi connectivity index (χ2n) is 7.02. The van der Waals surface area contributed by atoms with E-state index in [2.05, 4.69) is 25.2 Å². The summed E-state index contributed by atoms with van der Waals surface area (Å²) in [6.45, 7) is 0.740. The quantitative estimate of drug-likeness (QED) is 0.575. The Morgan fingerprint density at radius 1 is 0.909 bits per heavy atom. The van der Waals surface area contributed by atoms with Crippen LogP contribution >= 0.6 is 0 Å². The van der Waals surface area contributed by atoms with Gasteiger partial charge in [-0.05, 0) is 36.4 Å². The van der Waals surface area contributed by atoms with Crippen molar-refractivity contribution in [1.29, 1.82) is 0 Å². The lowest BCUT2D eigenvalue weighted by Gasteiger charge is -2.34. The standard InChI is InChI=1S/C20H19F3N6O3S/c21-20(22,23)32-16-3-1-2-4-17(16)33(30,31)29-13-11-28(12-14-29)19-6-5-18(26-27-19)25-15-7-9-24-10-8-15/h1-10H,11-14H2,(H,24,25,26).